The van der Waals surface area contributed by atoms with Crippen molar-refractivity contribution in [2.75, 3.05) is 7.05 Å². The fourth-order valence-corrected chi connectivity index (χ4v) is 2.57. The van der Waals surface area contributed by atoms with Gasteiger partial charge in [-0.25, -0.2) is 0 Å². The van der Waals surface area contributed by atoms with Crippen molar-refractivity contribution in [2.24, 2.45) is 4.99 Å². The van der Waals surface area contributed by atoms with Gasteiger partial charge in [0.25, 0.3) is 0 Å². The molecule has 0 aliphatic rings. The van der Waals surface area contributed by atoms with Gasteiger partial charge in [-0.2, -0.15) is 0 Å². The Balaban J connectivity index is 3.03. The van der Waals surface area contributed by atoms with Gasteiger partial charge in [0.1, 0.15) is 0 Å². The second kappa shape index (κ2) is 7.29. The summed E-state index contributed by atoms with van der Waals surface area (Å²) in [7, 11) is 1.78. The third kappa shape index (κ3) is 3.80. The van der Waals surface area contributed by atoms with Crippen molar-refractivity contribution in [1.82, 2.24) is 10.3 Å². The monoisotopic (exact) mass is 261 g/mol. The zero-order chi connectivity index (χ0) is 14.4. The molecule has 3 nitrogen and oxygen atoms in total. The van der Waals surface area contributed by atoms with Crippen molar-refractivity contribution in [3.63, 3.8) is 0 Å². The maximum absolute atomic E-state index is 4.08. The third-order valence-electron chi connectivity index (χ3n) is 3.53. The van der Waals surface area contributed by atoms with Gasteiger partial charge < -0.3 is 10.3 Å². The van der Waals surface area contributed by atoms with Crippen molar-refractivity contribution in [1.29, 1.82) is 0 Å². The molecule has 2 N–H and O–H groups in total. The van der Waals surface area contributed by atoms with Crippen LogP contribution in [0.1, 0.15) is 56.9 Å². The van der Waals surface area contributed by atoms with E-state index < -0.39 is 0 Å². The summed E-state index contributed by atoms with van der Waals surface area (Å²) in [5.74, 6) is 0.440. The van der Waals surface area contributed by atoms with Crippen LogP contribution in [0.4, 0.5) is 0 Å². The molecule has 2 unspecified atom stereocenters. The number of nitrogens with zero attached hydrogens (tertiary/aromatic N) is 1. The normalized spacial score (nSPS) is 15.1. The topological polar surface area (TPSA) is 40.2 Å². The van der Waals surface area contributed by atoms with Gasteiger partial charge in [-0.05, 0) is 17.9 Å². The van der Waals surface area contributed by atoms with Gasteiger partial charge in [-0.15, -0.1) is 0 Å². The molecule has 0 spiro atoms. The molecule has 3 heteroatoms. The predicted octanol–water partition coefficient (Wildman–Crippen LogP) is 3.59. The summed E-state index contributed by atoms with van der Waals surface area (Å²) in [4.78, 5) is 7.37. The summed E-state index contributed by atoms with van der Waals surface area (Å²) >= 11 is 0. The van der Waals surface area contributed by atoms with Crippen LogP contribution in [0.3, 0.4) is 0 Å². The van der Waals surface area contributed by atoms with Gasteiger partial charge in [0.2, 0.25) is 0 Å². The van der Waals surface area contributed by atoms with E-state index in [1.165, 1.54) is 11.1 Å². The molecule has 1 aromatic rings. The molecule has 1 heterocycles. The lowest BCUT2D eigenvalue weighted by Crippen LogP contribution is -2.38. The molecule has 0 radical (unpaired) electrons. The molecule has 106 valence electrons. The molecule has 0 amide bonds. The van der Waals surface area contributed by atoms with Crippen LogP contribution < -0.4 is 5.32 Å². The Bertz CT molecular complexity index is 429. The predicted molar refractivity (Wildman–Crippen MR) is 85.2 cm³/mol. The van der Waals surface area contributed by atoms with E-state index in [1.807, 2.05) is 12.3 Å². The van der Waals surface area contributed by atoms with Crippen LogP contribution >= 0.6 is 0 Å². The minimum Gasteiger partial charge on any atom is -0.360 e. The minimum atomic E-state index is 0.440. The highest BCUT2D eigenvalue weighted by Crippen LogP contribution is 2.27. The minimum absolute atomic E-state index is 0.440. The molecule has 0 aliphatic carbocycles. The van der Waals surface area contributed by atoms with Crippen LogP contribution in [0, 0.1) is 0 Å². The van der Waals surface area contributed by atoms with Gasteiger partial charge >= 0.3 is 0 Å². The van der Waals surface area contributed by atoms with Crippen LogP contribution in [0.2, 0.25) is 0 Å². The standard InChI is InChI=1S/C16H27N3/c1-7-13-14(9-18-16(13)10-17-6)12(5)15(8-2)19-11(3)4/h7,9-12,15,18-19H,1,8H2,2-6H3. The second-order valence-corrected chi connectivity index (χ2v) is 5.29. The summed E-state index contributed by atoms with van der Waals surface area (Å²) < 4.78 is 0. The molecular formula is C16H27N3. The van der Waals surface area contributed by atoms with Crippen LogP contribution in [0.25, 0.3) is 6.08 Å². The summed E-state index contributed by atoms with van der Waals surface area (Å²) in [5.41, 5.74) is 3.52. The van der Waals surface area contributed by atoms with Gasteiger partial charge in [-0.1, -0.05) is 40.3 Å². The van der Waals surface area contributed by atoms with Gasteiger partial charge in [-0.3, -0.25) is 4.99 Å². The van der Waals surface area contributed by atoms with E-state index in [-0.39, 0.29) is 0 Å². The number of hydrogen-bond donors (Lipinski definition) is 2. The van der Waals surface area contributed by atoms with Crippen LogP contribution in [-0.2, 0) is 0 Å². The Hall–Kier alpha value is -1.35. The number of aromatic amines is 1. The van der Waals surface area contributed by atoms with E-state index in [0.29, 0.717) is 18.0 Å². The number of aromatic nitrogens is 1. The first-order chi connectivity index (χ1) is 9.04. The lowest BCUT2D eigenvalue weighted by atomic mass is 9.90. The number of nitrogens with one attached hydrogen (secondary N) is 2. The van der Waals surface area contributed by atoms with E-state index in [4.69, 9.17) is 0 Å². The van der Waals surface area contributed by atoms with Crippen molar-refractivity contribution < 1.29 is 0 Å². The van der Waals surface area contributed by atoms with Crippen LogP contribution in [0.15, 0.2) is 17.8 Å². The molecule has 1 rings (SSSR count). The molecule has 0 saturated heterocycles. The molecule has 1 aromatic heterocycles. The highest BCUT2D eigenvalue weighted by molar-refractivity contribution is 5.84. The average Bonchev–Trinajstić information content (AvgIpc) is 2.78. The van der Waals surface area contributed by atoms with E-state index in [1.54, 1.807) is 7.05 Å². The van der Waals surface area contributed by atoms with Crippen molar-refractivity contribution in [3.05, 3.63) is 29.6 Å². The van der Waals surface area contributed by atoms with E-state index >= 15 is 0 Å². The molecule has 19 heavy (non-hydrogen) atoms. The summed E-state index contributed by atoms with van der Waals surface area (Å²) in [6, 6.07) is 0.969. The zero-order valence-electron chi connectivity index (χ0n) is 12.8. The lowest BCUT2D eigenvalue weighted by molar-refractivity contribution is 0.403. The Morgan fingerprint density at radius 2 is 2.11 bits per heavy atom. The fourth-order valence-electron chi connectivity index (χ4n) is 2.57. The third-order valence-corrected chi connectivity index (χ3v) is 3.53. The SMILES string of the molecule is C=Cc1c(C(C)C(CC)NC(C)C)c[nH]c1C=NC. The Morgan fingerprint density at radius 3 is 2.58 bits per heavy atom. The summed E-state index contributed by atoms with van der Waals surface area (Å²) in [6.45, 7) is 12.8. The number of H-pyrrole nitrogens is 1. The highest BCUT2D eigenvalue weighted by Gasteiger charge is 2.21. The molecule has 0 saturated carbocycles. The maximum Gasteiger partial charge on any atom is 0.0637 e. The van der Waals surface area contributed by atoms with Crippen LogP contribution in [-0.4, -0.2) is 30.3 Å². The molecule has 0 bridgehead atoms. The summed E-state index contributed by atoms with van der Waals surface area (Å²) in [5, 5.41) is 3.64. The second-order valence-electron chi connectivity index (χ2n) is 5.29. The highest BCUT2D eigenvalue weighted by atomic mass is 14.9. The largest absolute Gasteiger partial charge is 0.360 e. The molecular weight excluding hydrogens is 234 g/mol. The first-order valence-corrected chi connectivity index (χ1v) is 7.07. The molecule has 0 aromatic carbocycles. The van der Waals surface area contributed by atoms with Gasteiger partial charge in [0.15, 0.2) is 0 Å². The molecule has 2 atom stereocenters. The summed E-state index contributed by atoms with van der Waals surface area (Å²) in [6.07, 6.45) is 6.97. The van der Waals surface area contributed by atoms with E-state index in [2.05, 4.69) is 55.8 Å². The number of aliphatic imine (C=N–C) groups is 1. The van der Waals surface area contributed by atoms with Gasteiger partial charge in [0, 0.05) is 37.1 Å². The molecule has 0 aliphatic heterocycles. The smallest absolute Gasteiger partial charge is 0.0637 e. The van der Waals surface area contributed by atoms with E-state index in [9.17, 15) is 0 Å². The van der Waals surface area contributed by atoms with Gasteiger partial charge in [0.05, 0.1) is 5.69 Å². The van der Waals surface area contributed by atoms with Crippen molar-refractivity contribution in [2.45, 2.75) is 52.1 Å². The quantitative estimate of drug-likeness (QED) is 0.724. The Labute approximate surface area is 117 Å². The maximum atomic E-state index is 4.08. The number of hydrogen-bond acceptors (Lipinski definition) is 2. The lowest BCUT2D eigenvalue weighted by Gasteiger charge is -2.26. The van der Waals surface area contributed by atoms with E-state index in [0.717, 1.165) is 12.1 Å². The first-order valence-electron chi connectivity index (χ1n) is 7.07. The Kier molecular flexibility index (Phi) is 6.03. The zero-order valence-corrected chi connectivity index (χ0v) is 12.8. The fraction of sp³-hybridized carbons (Fsp3) is 0.562. The molecule has 0 fully saturated rings. The van der Waals surface area contributed by atoms with Crippen molar-refractivity contribution >= 4 is 12.3 Å². The van der Waals surface area contributed by atoms with Crippen LogP contribution in [0.5, 0.6) is 0 Å². The Morgan fingerprint density at radius 1 is 1.42 bits per heavy atom. The first kappa shape index (κ1) is 15.7. The number of rotatable bonds is 7. The van der Waals surface area contributed by atoms with Crippen molar-refractivity contribution in [3.8, 4) is 0 Å². The average molecular weight is 261 g/mol.